The summed E-state index contributed by atoms with van der Waals surface area (Å²) in [5, 5.41) is 0.625. The van der Waals surface area contributed by atoms with Gasteiger partial charge in [0.15, 0.2) is 5.01 Å². The predicted molar refractivity (Wildman–Crippen MR) is 94.6 cm³/mol. The zero-order valence-electron chi connectivity index (χ0n) is 13.3. The van der Waals surface area contributed by atoms with E-state index in [2.05, 4.69) is 4.98 Å². The molecule has 2 N–H and O–H groups in total. The van der Waals surface area contributed by atoms with Crippen LogP contribution in [0.5, 0.6) is 0 Å². The van der Waals surface area contributed by atoms with Gasteiger partial charge in [-0.25, -0.2) is 4.98 Å². The molecule has 0 spiro atoms. The van der Waals surface area contributed by atoms with Gasteiger partial charge in [-0.2, -0.15) is 0 Å². The number of carbonyl (C=O) groups excluding carboxylic acids is 2. The lowest BCUT2D eigenvalue weighted by molar-refractivity contribution is 0.0737. The van der Waals surface area contributed by atoms with E-state index in [9.17, 15) is 9.59 Å². The highest BCUT2D eigenvalue weighted by Gasteiger charge is 2.33. The van der Waals surface area contributed by atoms with Crippen LogP contribution >= 0.6 is 22.7 Å². The second-order valence-corrected chi connectivity index (χ2v) is 8.52. The molecule has 2 aliphatic rings. The number of rotatable bonds is 3. The third kappa shape index (κ3) is 2.75. The molecule has 126 valence electrons. The maximum Gasteiger partial charge on any atom is 0.283 e. The predicted octanol–water partition coefficient (Wildman–Crippen LogP) is 3.16. The third-order valence-corrected chi connectivity index (χ3v) is 7.09. The van der Waals surface area contributed by atoms with Crippen molar-refractivity contribution in [2.75, 3.05) is 6.54 Å². The summed E-state index contributed by atoms with van der Waals surface area (Å²) in [5.41, 5.74) is 6.47. The Hall–Kier alpha value is -1.73. The lowest BCUT2D eigenvalue weighted by Crippen LogP contribution is -2.30. The van der Waals surface area contributed by atoms with E-state index in [0.717, 1.165) is 42.8 Å². The van der Waals surface area contributed by atoms with Crippen molar-refractivity contribution >= 4 is 34.5 Å². The van der Waals surface area contributed by atoms with Crippen molar-refractivity contribution in [3.63, 3.8) is 0 Å². The Morgan fingerprint density at radius 2 is 2.00 bits per heavy atom. The van der Waals surface area contributed by atoms with Gasteiger partial charge in [0, 0.05) is 16.3 Å². The van der Waals surface area contributed by atoms with E-state index in [1.54, 1.807) is 17.4 Å². The van der Waals surface area contributed by atoms with Crippen LogP contribution in [-0.2, 0) is 12.8 Å². The van der Waals surface area contributed by atoms with Crippen LogP contribution in [0.25, 0.3) is 0 Å². The van der Waals surface area contributed by atoms with E-state index in [1.807, 2.05) is 11.0 Å². The van der Waals surface area contributed by atoms with Crippen LogP contribution in [0.3, 0.4) is 0 Å². The van der Waals surface area contributed by atoms with E-state index >= 15 is 0 Å². The first-order chi connectivity index (χ1) is 11.6. The maximum atomic E-state index is 13.0. The minimum Gasteiger partial charge on any atom is -0.365 e. The second kappa shape index (κ2) is 6.29. The molecule has 1 aliphatic heterocycles. The lowest BCUT2D eigenvalue weighted by Gasteiger charge is -2.22. The summed E-state index contributed by atoms with van der Waals surface area (Å²) in [6.07, 6.45) is 6.31. The van der Waals surface area contributed by atoms with Crippen LogP contribution in [0.1, 0.15) is 66.6 Å². The number of hydrogen-bond donors (Lipinski definition) is 1. The highest BCUT2D eigenvalue weighted by atomic mass is 32.1. The van der Waals surface area contributed by atoms with Crippen LogP contribution in [0, 0.1) is 0 Å². The lowest BCUT2D eigenvalue weighted by atomic mass is 10.0. The molecule has 7 heteroatoms. The van der Waals surface area contributed by atoms with Gasteiger partial charge in [-0.3, -0.25) is 9.59 Å². The molecule has 2 amide bonds. The number of aryl methyl sites for hydroxylation is 2. The fourth-order valence-electron chi connectivity index (χ4n) is 3.54. The van der Waals surface area contributed by atoms with Gasteiger partial charge in [0.1, 0.15) is 0 Å². The minimum absolute atomic E-state index is 0.0333. The van der Waals surface area contributed by atoms with Crippen molar-refractivity contribution in [2.45, 2.75) is 44.6 Å². The summed E-state index contributed by atoms with van der Waals surface area (Å²) in [6, 6.07) is 3.72. The maximum absolute atomic E-state index is 13.0. The number of thiazole rings is 1. The highest BCUT2D eigenvalue weighted by Crippen LogP contribution is 2.37. The van der Waals surface area contributed by atoms with Crippen LogP contribution in [0.4, 0.5) is 0 Å². The Balaban J connectivity index is 1.58. The summed E-state index contributed by atoms with van der Waals surface area (Å²) in [6.45, 7) is 0.748. The number of aromatic nitrogens is 1. The SMILES string of the molecule is NC(=O)c1ccc(C2CCCN2C(=O)c2nc3c(s2)CCCC3)s1. The van der Waals surface area contributed by atoms with Crippen LogP contribution in [0.15, 0.2) is 12.1 Å². The molecule has 5 nitrogen and oxygen atoms in total. The van der Waals surface area contributed by atoms with Gasteiger partial charge in [0.25, 0.3) is 11.8 Å². The van der Waals surface area contributed by atoms with E-state index in [-0.39, 0.29) is 11.9 Å². The molecule has 1 unspecified atom stereocenters. The first-order valence-electron chi connectivity index (χ1n) is 8.32. The van der Waals surface area contributed by atoms with Crippen LogP contribution < -0.4 is 5.73 Å². The quantitative estimate of drug-likeness (QED) is 0.912. The number of primary amides is 1. The molecule has 0 saturated carbocycles. The molecule has 3 heterocycles. The van der Waals surface area contributed by atoms with Crippen molar-refractivity contribution < 1.29 is 9.59 Å². The molecule has 0 aromatic carbocycles. The van der Waals surface area contributed by atoms with Crippen molar-refractivity contribution in [1.29, 1.82) is 0 Å². The van der Waals surface area contributed by atoms with E-state index in [4.69, 9.17) is 5.73 Å². The molecule has 24 heavy (non-hydrogen) atoms. The second-order valence-electron chi connectivity index (χ2n) is 6.32. The van der Waals surface area contributed by atoms with Gasteiger partial charge in [-0.15, -0.1) is 22.7 Å². The zero-order valence-corrected chi connectivity index (χ0v) is 14.9. The highest BCUT2D eigenvalue weighted by molar-refractivity contribution is 7.14. The summed E-state index contributed by atoms with van der Waals surface area (Å²) >= 11 is 2.96. The molecule has 4 rings (SSSR count). The van der Waals surface area contributed by atoms with Gasteiger partial charge in [0.05, 0.1) is 16.6 Å². The molecule has 2 aromatic rings. The number of carbonyl (C=O) groups is 2. The smallest absolute Gasteiger partial charge is 0.283 e. The molecule has 2 aromatic heterocycles. The van der Waals surface area contributed by atoms with Gasteiger partial charge in [0.2, 0.25) is 0 Å². The standard InChI is InChI=1S/C17H19N3O2S2/c18-15(21)14-8-7-13(23-14)11-5-3-9-20(11)17(22)16-19-10-4-1-2-6-12(10)24-16/h7-8,11H,1-6,9H2,(H2,18,21). The number of amides is 2. The molecule has 1 atom stereocenters. The molecule has 1 fully saturated rings. The van der Waals surface area contributed by atoms with Crippen molar-refractivity contribution in [1.82, 2.24) is 9.88 Å². The molecule has 1 saturated heterocycles. The van der Waals surface area contributed by atoms with Crippen LogP contribution in [0.2, 0.25) is 0 Å². The Kier molecular flexibility index (Phi) is 4.14. The normalized spacial score (nSPS) is 20.2. The van der Waals surface area contributed by atoms with Gasteiger partial charge in [-0.1, -0.05) is 0 Å². The summed E-state index contributed by atoms with van der Waals surface area (Å²) in [4.78, 5) is 33.7. The monoisotopic (exact) mass is 361 g/mol. The Morgan fingerprint density at radius 1 is 1.17 bits per heavy atom. The number of fused-ring (bicyclic) bond motifs is 1. The molecular weight excluding hydrogens is 342 g/mol. The molecule has 0 radical (unpaired) electrons. The topological polar surface area (TPSA) is 76.3 Å². The summed E-state index contributed by atoms with van der Waals surface area (Å²) in [7, 11) is 0. The molecular formula is C17H19N3O2S2. The average molecular weight is 361 g/mol. The number of thiophene rings is 1. The number of likely N-dealkylation sites (tertiary alicyclic amines) is 1. The number of hydrogen-bond acceptors (Lipinski definition) is 5. The van der Waals surface area contributed by atoms with Gasteiger partial charge >= 0.3 is 0 Å². The van der Waals surface area contributed by atoms with E-state index < -0.39 is 5.91 Å². The average Bonchev–Trinajstić information content (AvgIpc) is 3.30. The van der Waals surface area contributed by atoms with Crippen molar-refractivity contribution in [3.05, 3.63) is 37.5 Å². The van der Waals surface area contributed by atoms with Gasteiger partial charge < -0.3 is 10.6 Å². The third-order valence-electron chi connectivity index (χ3n) is 4.74. The van der Waals surface area contributed by atoms with E-state index in [0.29, 0.717) is 9.88 Å². The first kappa shape index (κ1) is 15.8. The van der Waals surface area contributed by atoms with Crippen molar-refractivity contribution in [2.24, 2.45) is 5.73 Å². The van der Waals surface area contributed by atoms with E-state index in [1.165, 1.54) is 29.1 Å². The number of nitrogens with zero attached hydrogens (tertiary/aromatic N) is 2. The zero-order chi connectivity index (χ0) is 16.7. The first-order valence-corrected chi connectivity index (χ1v) is 9.96. The van der Waals surface area contributed by atoms with Crippen LogP contribution in [-0.4, -0.2) is 28.2 Å². The van der Waals surface area contributed by atoms with Gasteiger partial charge in [-0.05, 0) is 50.7 Å². The summed E-state index contributed by atoms with van der Waals surface area (Å²) < 4.78 is 0. The molecule has 0 bridgehead atoms. The Bertz CT molecular complexity index is 772. The fourth-order valence-corrected chi connectivity index (χ4v) is 5.65. The Labute approximate surface area is 148 Å². The summed E-state index contributed by atoms with van der Waals surface area (Å²) in [5.74, 6) is -0.374. The Morgan fingerprint density at radius 3 is 2.75 bits per heavy atom. The largest absolute Gasteiger partial charge is 0.365 e. The minimum atomic E-state index is -0.408. The number of nitrogens with two attached hydrogens (primary N) is 1. The van der Waals surface area contributed by atoms with Crippen molar-refractivity contribution in [3.8, 4) is 0 Å². The fraction of sp³-hybridized carbons (Fsp3) is 0.471. The molecule has 1 aliphatic carbocycles.